The van der Waals surface area contributed by atoms with Crippen molar-refractivity contribution in [3.05, 3.63) is 71.4 Å². The lowest BCUT2D eigenvalue weighted by Crippen LogP contribution is -1.99. The van der Waals surface area contributed by atoms with Gasteiger partial charge in [-0.3, -0.25) is 4.98 Å². The average molecular weight is 335 g/mol. The molecule has 0 fully saturated rings. The van der Waals surface area contributed by atoms with Gasteiger partial charge in [0.1, 0.15) is 5.15 Å². The zero-order chi connectivity index (χ0) is 16.7. The lowest BCUT2D eigenvalue weighted by atomic mass is 10.1. The summed E-state index contributed by atoms with van der Waals surface area (Å²) >= 11 is 6.70. The maximum Gasteiger partial charge on any atom is 0.165 e. The SMILES string of the molecule is Cc1nc2c(-c3ccncc3)c(C)nn2c(Cl)c1-c1ccccc1. The number of nitrogens with zero attached hydrogens (tertiary/aromatic N) is 4. The van der Waals surface area contributed by atoms with E-state index in [0.717, 1.165) is 39.3 Å². The Morgan fingerprint density at radius 1 is 0.833 bits per heavy atom. The van der Waals surface area contributed by atoms with Crippen LogP contribution in [-0.4, -0.2) is 19.6 Å². The van der Waals surface area contributed by atoms with Gasteiger partial charge in [0, 0.05) is 23.5 Å². The minimum Gasteiger partial charge on any atom is -0.265 e. The third-order valence-corrected chi connectivity index (χ3v) is 4.44. The van der Waals surface area contributed by atoms with Crippen LogP contribution in [0.1, 0.15) is 11.4 Å². The molecule has 0 N–H and O–H groups in total. The molecule has 4 aromatic rings. The van der Waals surface area contributed by atoms with Crippen LogP contribution in [0.5, 0.6) is 0 Å². The molecule has 0 amide bonds. The summed E-state index contributed by atoms with van der Waals surface area (Å²) in [5.41, 5.74) is 6.51. The van der Waals surface area contributed by atoms with Crippen LogP contribution in [0, 0.1) is 13.8 Å². The summed E-state index contributed by atoms with van der Waals surface area (Å²) in [6.07, 6.45) is 3.54. The molecular formula is C19H15ClN4. The molecule has 0 saturated heterocycles. The van der Waals surface area contributed by atoms with Crippen LogP contribution in [0.25, 0.3) is 27.9 Å². The predicted octanol–water partition coefficient (Wildman–Crippen LogP) is 4.73. The minimum atomic E-state index is 0.576. The van der Waals surface area contributed by atoms with Gasteiger partial charge in [0.05, 0.1) is 11.4 Å². The molecule has 0 spiro atoms. The molecule has 0 bridgehead atoms. The third kappa shape index (κ3) is 2.27. The monoisotopic (exact) mass is 334 g/mol. The minimum absolute atomic E-state index is 0.576. The van der Waals surface area contributed by atoms with Crippen LogP contribution < -0.4 is 0 Å². The molecule has 0 aliphatic carbocycles. The normalized spacial score (nSPS) is 11.1. The molecule has 0 atom stereocenters. The number of rotatable bonds is 2. The highest BCUT2D eigenvalue weighted by molar-refractivity contribution is 6.32. The van der Waals surface area contributed by atoms with Gasteiger partial charge in [-0.05, 0) is 37.1 Å². The molecule has 3 aromatic heterocycles. The number of aromatic nitrogens is 4. The quantitative estimate of drug-likeness (QED) is 0.498. The van der Waals surface area contributed by atoms with Gasteiger partial charge < -0.3 is 0 Å². The molecule has 0 aliphatic heterocycles. The van der Waals surface area contributed by atoms with Gasteiger partial charge in [-0.25, -0.2) is 9.50 Å². The van der Waals surface area contributed by atoms with Gasteiger partial charge in [0.25, 0.3) is 0 Å². The largest absolute Gasteiger partial charge is 0.265 e. The summed E-state index contributed by atoms with van der Waals surface area (Å²) in [5.74, 6) is 0. The topological polar surface area (TPSA) is 43.1 Å². The van der Waals surface area contributed by atoms with Crippen molar-refractivity contribution in [2.45, 2.75) is 13.8 Å². The lowest BCUT2D eigenvalue weighted by molar-refractivity contribution is 0.912. The van der Waals surface area contributed by atoms with Crippen LogP contribution in [0.2, 0.25) is 5.15 Å². The fourth-order valence-corrected chi connectivity index (χ4v) is 3.38. The molecule has 24 heavy (non-hydrogen) atoms. The van der Waals surface area contributed by atoms with E-state index in [2.05, 4.69) is 10.1 Å². The first-order chi connectivity index (χ1) is 11.7. The second-order valence-electron chi connectivity index (χ2n) is 5.66. The van der Waals surface area contributed by atoms with Crippen molar-refractivity contribution in [1.82, 2.24) is 19.6 Å². The van der Waals surface area contributed by atoms with E-state index in [4.69, 9.17) is 16.6 Å². The summed E-state index contributed by atoms with van der Waals surface area (Å²) in [7, 11) is 0. The Bertz CT molecular complexity index is 1020. The number of pyridine rings is 1. The second-order valence-corrected chi connectivity index (χ2v) is 6.02. The van der Waals surface area contributed by atoms with E-state index in [-0.39, 0.29) is 0 Å². The summed E-state index contributed by atoms with van der Waals surface area (Å²) in [5, 5.41) is 5.19. The zero-order valence-corrected chi connectivity index (χ0v) is 14.1. The van der Waals surface area contributed by atoms with E-state index in [1.807, 2.05) is 56.3 Å². The van der Waals surface area contributed by atoms with Gasteiger partial charge in [-0.1, -0.05) is 41.9 Å². The highest BCUT2D eigenvalue weighted by atomic mass is 35.5. The van der Waals surface area contributed by atoms with Crippen molar-refractivity contribution in [3.63, 3.8) is 0 Å². The number of halogens is 1. The van der Waals surface area contributed by atoms with Crippen LogP contribution in [0.15, 0.2) is 54.9 Å². The number of fused-ring (bicyclic) bond motifs is 1. The van der Waals surface area contributed by atoms with Gasteiger partial charge >= 0.3 is 0 Å². The Morgan fingerprint density at radius 3 is 2.21 bits per heavy atom. The molecule has 0 aliphatic rings. The molecule has 0 unspecified atom stereocenters. The third-order valence-electron chi connectivity index (χ3n) is 4.10. The van der Waals surface area contributed by atoms with E-state index in [1.54, 1.807) is 16.9 Å². The van der Waals surface area contributed by atoms with Gasteiger partial charge in [0.15, 0.2) is 5.65 Å². The Morgan fingerprint density at radius 2 is 1.50 bits per heavy atom. The Kier molecular flexibility index (Phi) is 3.54. The summed E-state index contributed by atoms with van der Waals surface area (Å²) in [6.45, 7) is 3.95. The first-order valence-electron chi connectivity index (χ1n) is 7.68. The average Bonchev–Trinajstić information content (AvgIpc) is 2.93. The van der Waals surface area contributed by atoms with E-state index in [0.29, 0.717) is 5.15 Å². The van der Waals surface area contributed by atoms with Crippen molar-refractivity contribution in [2.24, 2.45) is 0 Å². The van der Waals surface area contributed by atoms with Crippen LogP contribution in [0.3, 0.4) is 0 Å². The summed E-state index contributed by atoms with van der Waals surface area (Å²) in [4.78, 5) is 8.89. The number of hydrogen-bond acceptors (Lipinski definition) is 3. The van der Waals surface area contributed by atoms with E-state index in [9.17, 15) is 0 Å². The van der Waals surface area contributed by atoms with Crippen molar-refractivity contribution < 1.29 is 0 Å². The molecular weight excluding hydrogens is 320 g/mol. The fourth-order valence-electron chi connectivity index (χ4n) is 3.01. The molecule has 1 aromatic carbocycles. The van der Waals surface area contributed by atoms with E-state index >= 15 is 0 Å². The Hall–Kier alpha value is -2.72. The van der Waals surface area contributed by atoms with Gasteiger partial charge in [-0.2, -0.15) is 5.10 Å². The maximum absolute atomic E-state index is 6.70. The Balaban J connectivity index is 2.03. The van der Waals surface area contributed by atoms with Crippen LogP contribution in [-0.2, 0) is 0 Å². The Labute approximate surface area is 144 Å². The van der Waals surface area contributed by atoms with Crippen molar-refractivity contribution in [3.8, 4) is 22.3 Å². The predicted molar refractivity (Wildman–Crippen MR) is 96.1 cm³/mol. The first-order valence-corrected chi connectivity index (χ1v) is 8.06. The maximum atomic E-state index is 6.70. The van der Waals surface area contributed by atoms with E-state index in [1.165, 1.54) is 0 Å². The van der Waals surface area contributed by atoms with Crippen LogP contribution >= 0.6 is 11.6 Å². The molecule has 0 saturated carbocycles. The molecule has 0 radical (unpaired) electrons. The first kappa shape index (κ1) is 14.8. The van der Waals surface area contributed by atoms with E-state index < -0.39 is 0 Å². The van der Waals surface area contributed by atoms with Crippen molar-refractivity contribution in [1.29, 1.82) is 0 Å². The number of aryl methyl sites for hydroxylation is 2. The van der Waals surface area contributed by atoms with Gasteiger partial charge in [0.2, 0.25) is 0 Å². The van der Waals surface area contributed by atoms with Crippen molar-refractivity contribution in [2.75, 3.05) is 0 Å². The highest BCUT2D eigenvalue weighted by Crippen LogP contribution is 2.34. The smallest absolute Gasteiger partial charge is 0.165 e. The summed E-state index contributed by atoms with van der Waals surface area (Å²) < 4.78 is 1.72. The molecule has 4 nitrogen and oxygen atoms in total. The number of hydrogen-bond donors (Lipinski definition) is 0. The fraction of sp³-hybridized carbons (Fsp3) is 0.105. The standard InChI is InChI=1S/C19H15ClN4/c1-12-16(14-6-4-3-5-7-14)18(20)24-19(22-12)17(13(2)23-24)15-8-10-21-11-9-15/h3-11H,1-2H3. The highest BCUT2D eigenvalue weighted by Gasteiger charge is 2.19. The molecule has 4 rings (SSSR count). The molecule has 5 heteroatoms. The summed E-state index contributed by atoms with van der Waals surface area (Å²) in [6, 6.07) is 13.9. The number of benzene rings is 1. The lowest BCUT2D eigenvalue weighted by Gasteiger charge is -2.10. The second kappa shape index (κ2) is 5.73. The zero-order valence-electron chi connectivity index (χ0n) is 13.4. The van der Waals surface area contributed by atoms with Crippen molar-refractivity contribution >= 4 is 17.2 Å². The molecule has 118 valence electrons. The van der Waals surface area contributed by atoms with Gasteiger partial charge in [-0.15, -0.1) is 0 Å². The molecule has 3 heterocycles. The van der Waals surface area contributed by atoms with Crippen LogP contribution in [0.4, 0.5) is 0 Å².